The van der Waals surface area contributed by atoms with E-state index < -0.39 is 6.10 Å². The molecule has 0 saturated heterocycles. The highest BCUT2D eigenvalue weighted by molar-refractivity contribution is 5.82. The lowest BCUT2D eigenvalue weighted by atomic mass is 10.1. The van der Waals surface area contributed by atoms with Crippen LogP contribution in [-0.2, 0) is 4.79 Å². The minimum atomic E-state index is -0.671. The Morgan fingerprint density at radius 3 is 2.36 bits per heavy atom. The molecule has 2 atom stereocenters. The molecule has 5 heteroatoms. The summed E-state index contributed by atoms with van der Waals surface area (Å²) in [7, 11) is 0. The van der Waals surface area contributed by atoms with Crippen LogP contribution in [0.5, 0.6) is 17.2 Å². The highest BCUT2D eigenvalue weighted by Crippen LogP contribution is 2.33. The molecule has 1 heterocycles. The smallest absolute Gasteiger partial charge is 0.265 e. The van der Waals surface area contributed by atoms with E-state index >= 15 is 0 Å². The minimum absolute atomic E-state index is 0.202. The van der Waals surface area contributed by atoms with E-state index in [1.807, 2.05) is 57.2 Å². The number of hydrogen-bond donors (Lipinski definition) is 1. The zero-order chi connectivity index (χ0) is 17.8. The molecule has 1 aliphatic rings. The van der Waals surface area contributed by atoms with Crippen LogP contribution in [0, 0.1) is 13.8 Å². The second-order valence-electron chi connectivity index (χ2n) is 6.17. The number of hydrogen-bond acceptors (Lipinski definition) is 4. The van der Waals surface area contributed by atoms with Crippen LogP contribution in [-0.4, -0.2) is 31.3 Å². The molecule has 1 amide bonds. The van der Waals surface area contributed by atoms with Crippen molar-refractivity contribution in [1.82, 2.24) is 5.32 Å². The maximum Gasteiger partial charge on any atom is 0.265 e. The lowest BCUT2D eigenvalue weighted by Crippen LogP contribution is -2.49. The van der Waals surface area contributed by atoms with Gasteiger partial charge in [-0.15, -0.1) is 0 Å². The van der Waals surface area contributed by atoms with Gasteiger partial charge in [0.15, 0.2) is 11.5 Å². The molecule has 1 aliphatic heterocycles. The third-order valence-corrected chi connectivity index (χ3v) is 4.16. The van der Waals surface area contributed by atoms with Gasteiger partial charge in [-0.25, -0.2) is 0 Å². The molecule has 3 rings (SSSR count). The van der Waals surface area contributed by atoms with Crippen molar-refractivity contribution in [3.8, 4) is 17.2 Å². The van der Waals surface area contributed by atoms with Crippen molar-refractivity contribution in [2.24, 2.45) is 0 Å². The predicted octanol–water partition coefficient (Wildman–Crippen LogP) is 3.03. The number of fused-ring (bicyclic) bond motifs is 1. The first-order valence-corrected chi connectivity index (χ1v) is 8.45. The van der Waals surface area contributed by atoms with Crippen molar-refractivity contribution in [1.29, 1.82) is 0 Å². The third-order valence-electron chi connectivity index (χ3n) is 4.16. The number of rotatable bonds is 5. The topological polar surface area (TPSA) is 56.8 Å². The van der Waals surface area contributed by atoms with E-state index in [0.717, 1.165) is 16.9 Å². The van der Waals surface area contributed by atoms with Gasteiger partial charge < -0.3 is 19.5 Å². The van der Waals surface area contributed by atoms with Crippen molar-refractivity contribution in [2.75, 3.05) is 13.2 Å². The van der Waals surface area contributed by atoms with E-state index in [1.54, 1.807) is 6.07 Å². The van der Waals surface area contributed by atoms with Gasteiger partial charge in [0.2, 0.25) is 6.10 Å². The Kier molecular flexibility index (Phi) is 5.12. The average Bonchev–Trinajstić information content (AvgIpc) is 2.60. The summed E-state index contributed by atoms with van der Waals surface area (Å²) >= 11 is 0. The highest BCUT2D eigenvalue weighted by Gasteiger charge is 2.33. The summed E-state index contributed by atoms with van der Waals surface area (Å²) in [4.78, 5) is 12.4. The number of carbonyl (C=O) groups is 1. The Balaban J connectivity index is 1.51. The standard InChI is InChI=1S/C20H23NO4/c1-13-7-6-8-14(2)18(13)23-12-11-21-20(22)19-15(3)24-16-9-4-5-10-17(16)25-19/h4-10,15,19H,11-12H2,1-3H3,(H,21,22)/t15-,19+/m0/s1. The Bertz CT molecular complexity index is 739. The van der Waals surface area contributed by atoms with Gasteiger partial charge in [0.25, 0.3) is 5.91 Å². The molecule has 132 valence electrons. The lowest BCUT2D eigenvalue weighted by Gasteiger charge is -2.31. The second kappa shape index (κ2) is 7.47. The molecule has 1 N–H and O–H groups in total. The van der Waals surface area contributed by atoms with Crippen LogP contribution in [0.4, 0.5) is 0 Å². The molecule has 0 spiro atoms. The first-order chi connectivity index (χ1) is 12.1. The molecule has 0 aromatic heterocycles. The molecular formula is C20H23NO4. The zero-order valence-electron chi connectivity index (χ0n) is 14.7. The van der Waals surface area contributed by atoms with Crippen LogP contribution >= 0.6 is 0 Å². The van der Waals surface area contributed by atoms with Crippen LogP contribution < -0.4 is 19.5 Å². The third kappa shape index (κ3) is 3.87. The number of ether oxygens (including phenoxy) is 3. The summed E-state index contributed by atoms with van der Waals surface area (Å²) in [6.45, 7) is 6.64. The molecule has 0 saturated carbocycles. The number of para-hydroxylation sites is 3. The number of nitrogens with one attached hydrogen (secondary N) is 1. The fraction of sp³-hybridized carbons (Fsp3) is 0.350. The largest absolute Gasteiger partial charge is 0.491 e. The Hall–Kier alpha value is -2.69. The number of carbonyl (C=O) groups excluding carboxylic acids is 1. The predicted molar refractivity (Wildman–Crippen MR) is 95.4 cm³/mol. The quantitative estimate of drug-likeness (QED) is 0.850. The fourth-order valence-corrected chi connectivity index (χ4v) is 2.86. The fourth-order valence-electron chi connectivity index (χ4n) is 2.86. The molecule has 2 aromatic rings. The first-order valence-electron chi connectivity index (χ1n) is 8.45. The van der Waals surface area contributed by atoms with Crippen LogP contribution in [0.2, 0.25) is 0 Å². The van der Waals surface area contributed by atoms with Crippen molar-refractivity contribution in [3.05, 3.63) is 53.6 Å². The molecule has 0 fully saturated rings. The molecule has 0 aliphatic carbocycles. The van der Waals surface area contributed by atoms with E-state index in [9.17, 15) is 4.79 Å². The molecule has 25 heavy (non-hydrogen) atoms. The number of amides is 1. The van der Waals surface area contributed by atoms with Gasteiger partial charge >= 0.3 is 0 Å². The summed E-state index contributed by atoms with van der Waals surface area (Å²) in [6, 6.07) is 13.4. The van der Waals surface area contributed by atoms with Gasteiger partial charge in [-0.3, -0.25) is 4.79 Å². The van der Waals surface area contributed by atoms with Crippen molar-refractivity contribution in [3.63, 3.8) is 0 Å². The molecule has 2 aromatic carbocycles. The minimum Gasteiger partial charge on any atom is -0.491 e. The summed E-state index contributed by atoms with van der Waals surface area (Å²) in [6.07, 6.45) is -1.02. The molecule has 0 bridgehead atoms. The van der Waals surface area contributed by atoms with Crippen molar-refractivity contribution < 1.29 is 19.0 Å². The zero-order valence-corrected chi connectivity index (χ0v) is 14.7. The maximum atomic E-state index is 12.4. The summed E-state index contributed by atoms with van der Waals surface area (Å²) in [5.41, 5.74) is 2.17. The van der Waals surface area contributed by atoms with E-state index in [1.165, 1.54) is 0 Å². The second-order valence-corrected chi connectivity index (χ2v) is 6.17. The Labute approximate surface area is 147 Å². The van der Waals surface area contributed by atoms with Crippen LogP contribution in [0.15, 0.2) is 42.5 Å². The normalized spacial score (nSPS) is 18.5. The van der Waals surface area contributed by atoms with Crippen molar-refractivity contribution >= 4 is 5.91 Å². The summed E-state index contributed by atoms with van der Waals surface area (Å²) in [5, 5.41) is 2.85. The average molecular weight is 341 g/mol. The highest BCUT2D eigenvalue weighted by atomic mass is 16.6. The van der Waals surface area contributed by atoms with E-state index in [0.29, 0.717) is 24.7 Å². The van der Waals surface area contributed by atoms with E-state index in [4.69, 9.17) is 14.2 Å². The summed E-state index contributed by atoms with van der Waals surface area (Å²) in [5.74, 6) is 1.92. The van der Waals surface area contributed by atoms with Gasteiger partial charge in [0, 0.05) is 0 Å². The van der Waals surface area contributed by atoms with Crippen molar-refractivity contribution in [2.45, 2.75) is 33.0 Å². The number of benzene rings is 2. The van der Waals surface area contributed by atoms with Gasteiger partial charge in [-0.05, 0) is 44.0 Å². The van der Waals surface area contributed by atoms with Crippen LogP contribution in [0.3, 0.4) is 0 Å². The molecule has 0 radical (unpaired) electrons. The Morgan fingerprint density at radius 1 is 1.04 bits per heavy atom. The Morgan fingerprint density at radius 2 is 1.68 bits per heavy atom. The van der Waals surface area contributed by atoms with Gasteiger partial charge in [0.1, 0.15) is 18.5 Å². The van der Waals surface area contributed by atoms with Gasteiger partial charge in [-0.1, -0.05) is 30.3 Å². The van der Waals surface area contributed by atoms with E-state index in [2.05, 4.69) is 5.32 Å². The lowest BCUT2D eigenvalue weighted by molar-refractivity contribution is -0.133. The van der Waals surface area contributed by atoms with E-state index in [-0.39, 0.29) is 12.0 Å². The molecule has 5 nitrogen and oxygen atoms in total. The summed E-state index contributed by atoms with van der Waals surface area (Å²) < 4.78 is 17.3. The first kappa shape index (κ1) is 17.1. The molecular weight excluding hydrogens is 318 g/mol. The molecule has 0 unspecified atom stereocenters. The maximum absolute atomic E-state index is 12.4. The SMILES string of the molecule is Cc1cccc(C)c1OCCNC(=O)[C@@H]1Oc2ccccc2O[C@H]1C. The number of aryl methyl sites for hydroxylation is 2. The van der Waals surface area contributed by atoms with Gasteiger partial charge in [0.05, 0.1) is 6.54 Å². The van der Waals surface area contributed by atoms with Crippen LogP contribution in [0.25, 0.3) is 0 Å². The van der Waals surface area contributed by atoms with Gasteiger partial charge in [-0.2, -0.15) is 0 Å². The van der Waals surface area contributed by atoms with Crippen LogP contribution in [0.1, 0.15) is 18.1 Å². The monoisotopic (exact) mass is 341 g/mol.